The maximum atomic E-state index is 12.4. The number of carbonyl (C=O) groups excluding carboxylic acids is 1. The molecule has 3 heteroatoms. The van der Waals surface area contributed by atoms with Gasteiger partial charge in [0.1, 0.15) is 5.60 Å². The average molecular weight is 268 g/mol. The van der Waals surface area contributed by atoms with Crippen LogP contribution in [0.4, 0.5) is 0 Å². The highest BCUT2D eigenvalue weighted by Gasteiger charge is 2.71. The fourth-order valence-electron chi connectivity index (χ4n) is 4.53. The highest BCUT2D eigenvalue weighted by molar-refractivity contribution is 6.70. The van der Waals surface area contributed by atoms with Gasteiger partial charge in [0.2, 0.25) is 0 Å². The van der Waals surface area contributed by atoms with Gasteiger partial charge in [-0.1, -0.05) is 20.8 Å². The Balaban J connectivity index is 2.49. The summed E-state index contributed by atoms with van der Waals surface area (Å²) in [6.45, 7) is 15.3. The number of carbonyl (C=O) groups is 1. The quantitative estimate of drug-likeness (QED) is 0.723. The van der Waals surface area contributed by atoms with Gasteiger partial charge in [-0.15, -0.1) is 0 Å². The number of fused-ring (bicyclic) bond motifs is 2. The molecule has 0 aromatic carbocycles. The molecule has 2 aliphatic carbocycles. The fraction of sp³-hybridized carbons (Fsp3) is 0.933. The van der Waals surface area contributed by atoms with E-state index in [-0.39, 0.29) is 16.6 Å². The van der Waals surface area contributed by atoms with Gasteiger partial charge >= 0.3 is 0 Å². The first-order chi connectivity index (χ1) is 7.96. The number of hydrogen-bond donors (Lipinski definition) is 0. The number of hydrogen-bond acceptors (Lipinski definition) is 2. The second-order valence-corrected chi connectivity index (χ2v) is 12.5. The largest absolute Gasteiger partial charge is 0.405 e. The molecule has 0 unspecified atom stereocenters. The van der Waals surface area contributed by atoms with Crippen molar-refractivity contribution in [2.75, 3.05) is 0 Å². The first kappa shape index (κ1) is 14.3. The summed E-state index contributed by atoms with van der Waals surface area (Å²) in [6.07, 6.45) is 3.33. The van der Waals surface area contributed by atoms with Crippen LogP contribution in [0.3, 0.4) is 0 Å². The number of ketones is 1. The Hall–Kier alpha value is -0.153. The van der Waals surface area contributed by atoms with E-state index in [9.17, 15) is 4.79 Å². The van der Waals surface area contributed by atoms with E-state index in [1.807, 2.05) is 0 Å². The van der Waals surface area contributed by atoms with E-state index < -0.39 is 13.9 Å². The summed E-state index contributed by atoms with van der Waals surface area (Å²) in [6, 6.07) is 0. The van der Waals surface area contributed by atoms with Crippen molar-refractivity contribution < 1.29 is 9.22 Å². The van der Waals surface area contributed by atoms with Crippen LogP contribution in [0.25, 0.3) is 0 Å². The molecular formula is C15H28O2Si. The van der Waals surface area contributed by atoms with E-state index in [1.54, 1.807) is 6.92 Å². The van der Waals surface area contributed by atoms with Crippen LogP contribution in [0.1, 0.15) is 47.0 Å². The molecule has 0 radical (unpaired) electrons. The van der Waals surface area contributed by atoms with Gasteiger partial charge in [0, 0.05) is 5.41 Å². The molecule has 0 aromatic rings. The number of Topliss-reactive ketones (excluding diaryl/α,β-unsaturated/α-hetero) is 1. The van der Waals surface area contributed by atoms with Gasteiger partial charge in [-0.25, -0.2) is 0 Å². The first-order valence-corrected chi connectivity index (χ1v) is 10.6. The molecule has 3 atom stereocenters. The SMILES string of the molecule is CC(=O)[C@@]1(O[Si](C)(C)C)C[C@H]2CC[C@]1(C)C2(C)C. The Kier molecular flexibility index (Phi) is 2.93. The van der Waals surface area contributed by atoms with Crippen molar-refractivity contribution in [1.29, 1.82) is 0 Å². The molecule has 2 bridgehead atoms. The van der Waals surface area contributed by atoms with Gasteiger partial charge in [-0.3, -0.25) is 4.79 Å². The van der Waals surface area contributed by atoms with Gasteiger partial charge in [0.25, 0.3) is 0 Å². The number of rotatable bonds is 3. The summed E-state index contributed by atoms with van der Waals surface area (Å²) in [5, 5.41) is 0. The van der Waals surface area contributed by atoms with Crippen LogP contribution in [-0.4, -0.2) is 19.7 Å². The van der Waals surface area contributed by atoms with Crippen molar-refractivity contribution >= 4 is 14.1 Å². The molecular weight excluding hydrogens is 240 g/mol. The zero-order valence-corrected chi connectivity index (χ0v) is 14.0. The monoisotopic (exact) mass is 268 g/mol. The zero-order chi connectivity index (χ0) is 14.0. The molecule has 2 saturated carbocycles. The summed E-state index contributed by atoms with van der Waals surface area (Å²) >= 11 is 0. The molecule has 0 saturated heterocycles. The molecule has 104 valence electrons. The summed E-state index contributed by atoms with van der Waals surface area (Å²) < 4.78 is 6.51. The molecule has 0 aliphatic heterocycles. The van der Waals surface area contributed by atoms with Gasteiger partial charge in [-0.05, 0) is 57.2 Å². The minimum atomic E-state index is -1.73. The predicted octanol–water partition coefficient (Wildman–Crippen LogP) is 4.01. The maximum absolute atomic E-state index is 12.4. The van der Waals surface area contributed by atoms with Gasteiger partial charge < -0.3 is 4.43 Å². The van der Waals surface area contributed by atoms with Crippen LogP contribution >= 0.6 is 0 Å². The van der Waals surface area contributed by atoms with Crippen LogP contribution in [0.5, 0.6) is 0 Å². The highest BCUT2D eigenvalue weighted by Crippen LogP contribution is 2.71. The lowest BCUT2D eigenvalue weighted by Gasteiger charge is -2.49. The lowest BCUT2D eigenvalue weighted by Crippen LogP contribution is -2.58. The van der Waals surface area contributed by atoms with E-state index in [1.165, 1.54) is 6.42 Å². The van der Waals surface area contributed by atoms with Crippen LogP contribution < -0.4 is 0 Å². The standard InChI is InChI=1S/C15H28O2Si/c1-11(16)15(17-18(5,6)7)10-12-8-9-14(15,4)13(12,2)3/h12H,8-10H2,1-7H3/t12-,14-,15+/m1/s1. The van der Waals surface area contributed by atoms with E-state index in [0.717, 1.165) is 12.8 Å². The van der Waals surface area contributed by atoms with E-state index in [2.05, 4.69) is 40.4 Å². The second-order valence-electron chi connectivity index (χ2n) is 8.09. The molecule has 18 heavy (non-hydrogen) atoms. The first-order valence-electron chi connectivity index (χ1n) is 7.17. The van der Waals surface area contributed by atoms with Crippen molar-refractivity contribution in [2.45, 2.75) is 72.2 Å². The van der Waals surface area contributed by atoms with Gasteiger partial charge in [-0.2, -0.15) is 0 Å². The Bertz CT molecular complexity index is 382. The molecule has 2 fully saturated rings. The predicted molar refractivity (Wildman–Crippen MR) is 77.1 cm³/mol. The van der Waals surface area contributed by atoms with E-state index in [4.69, 9.17) is 4.43 Å². The molecule has 2 nitrogen and oxygen atoms in total. The lowest BCUT2D eigenvalue weighted by molar-refractivity contribution is -0.149. The molecule has 2 aliphatic rings. The van der Waals surface area contributed by atoms with Crippen LogP contribution in [0.2, 0.25) is 19.6 Å². The molecule has 0 aromatic heterocycles. The second kappa shape index (κ2) is 3.69. The van der Waals surface area contributed by atoms with E-state index >= 15 is 0 Å². The highest BCUT2D eigenvalue weighted by atomic mass is 28.4. The average Bonchev–Trinajstić information content (AvgIpc) is 2.47. The lowest BCUT2D eigenvalue weighted by atomic mass is 9.63. The van der Waals surface area contributed by atoms with Crippen molar-refractivity contribution in [3.63, 3.8) is 0 Å². The van der Waals surface area contributed by atoms with Gasteiger partial charge in [0.05, 0.1) is 0 Å². The van der Waals surface area contributed by atoms with Crippen molar-refractivity contribution in [1.82, 2.24) is 0 Å². The third-order valence-corrected chi connectivity index (χ3v) is 6.87. The van der Waals surface area contributed by atoms with Crippen molar-refractivity contribution in [3.05, 3.63) is 0 Å². The normalized spacial score (nSPS) is 42.3. The van der Waals surface area contributed by atoms with Crippen molar-refractivity contribution in [2.24, 2.45) is 16.7 Å². The third kappa shape index (κ3) is 1.59. The molecule has 0 amide bonds. The maximum Gasteiger partial charge on any atom is 0.185 e. The minimum absolute atomic E-state index is 0.0107. The Labute approximate surface area is 113 Å². The minimum Gasteiger partial charge on any atom is -0.405 e. The summed E-state index contributed by atoms with van der Waals surface area (Å²) in [5.74, 6) is 0.894. The smallest absolute Gasteiger partial charge is 0.185 e. The Morgan fingerprint density at radius 2 is 1.78 bits per heavy atom. The summed E-state index contributed by atoms with van der Waals surface area (Å²) in [4.78, 5) is 12.4. The molecule has 2 rings (SSSR count). The van der Waals surface area contributed by atoms with Gasteiger partial charge in [0.15, 0.2) is 14.1 Å². The van der Waals surface area contributed by atoms with E-state index in [0.29, 0.717) is 5.92 Å². The molecule has 0 heterocycles. The van der Waals surface area contributed by atoms with Crippen LogP contribution in [0.15, 0.2) is 0 Å². The Morgan fingerprint density at radius 3 is 2.06 bits per heavy atom. The van der Waals surface area contributed by atoms with Crippen LogP contribution in [0, 0.1) is 16.7 Å². The summed E-state index contributed by atoms with van der Waals surface area (Å²) in [5.41, 5.74) is -0.279. The zero-order valence-electron chi connectivity index (χ0n) is 13.0. The third-order valence-electron chi connectivity index (χ3n) is 5.91. The van der Waals surface area contributed by atoms with Crippen molar-refractivity contribution in [3.8, 4) is 0 Å². The molecule has 0 N–H and O–H groups in total. The van der Waals surface area contributed by atoms with Crippen LogP contribution in [-0.2, 0) is 9.22 Å². The Morgan fingerprint density at radius 1 is 1.22 bits per heavy atom. The summed E-state index contributed by atoms with van der Waals surface area (Å²) in [7, 11) is -1.73. The molecule has 0 spiro atoms. The topological polar surface area (TPSA) is 26.3 Å². The fourth-order valence-corrected chi connectivity index (χ4v) is 6.03.